The average molecular weight is 250 g/mol. The molecule has 0 unspecified atom stereocenters. The predicted molar refractivity (Wildman–Crippen MR) is 65.8 cm³/mol. The van der Waals surface area contributed by atoms with Gasteiger partial charge in [0.1, 0.15) is 23.0 Å². The smallest absolute Gasteiger partial charge is 0.328 e. The van der Waals surface area contributed by atoms with Gasteiger partial charge in [-0.15, -0.1) is 0 Å². The van der Waals surface area contributed by atoms with Crippen LogP contribution >= 0.6 is 0 Å². The minimum atomic E-state index is -1.21. The Kier molecular flexibility index (Phi) is 3.92. The quantitative estimate of drug-likeness (QED) is 0.891. The first-order valence-electron chi connectivity index (χ1n) is 5.55. The fourth-order valence-electron chi connectivity index (χ4n) is 1.83. The summed E-state index contributed by atoms with van der Waals surface area (Å²) in [4.78, 5) is 12.8. The van der Waals surface area contributed by atoms with Crippen molar-refractivity contribution in [1.29, 1.82) is 5.26 Å². The molecule has 0 aliphatic heterocycles. The number of aliphatic carboxylic acids is 1. The number of carboxylic acids is 1. The molecule has 18 heavy (non-hydrogen) atoms. The van der Waals surface area contributed by atoms with Gasteiger partial charge >= 0.3 is 5.97 Å². The monoisotopic (exact) mass is 250 g/mol. The molecule has 0 saturated carbocycles. The first-order chi connectivity index (χ1) is 8.36. The van der Waals surface area contributed by atoms with Crippen molar-refractivity contribution < 1.29 is 14.3 Å². The van der Waals surface area contributed by atoms with Gasteiger partial charge in [-0.2, -0.15) is 5.26 Å². The summed E-state index contributed by atoms with van der Waals surface area (Å²) in [6, 6.07) is 5.98. The van der Waals surface area contributed by atoms with E-state index in [2.05, 4.69) is 0 Å². The number of nitriles is 1. The average Bonchev–Trinajstić information content (AvgIpc) is 2.29. The normalized spacial score (nSPS) is 10.8. The van der Waals surface area contributed by atoms with Gasteiger partial charge in [0.25, 0.3) is 0 Å². The molecule has 0 saturated heterocycles. The van der Waals surface area contributed by atoms with Gasteiger partial charge in [-0.25, -0.2) is 9.18 Å². The molecule has 96 valence electrons. The molecule has 0 radical (unpaired) electrons. The Hall–Kier alpha value is -2.09. The molecule has 0 aliphatic rings. The third kappa shape index (κ3) is 2.28. The van der Waals surface area contributed by atoms with Crippen LogP contribution in [0.5, 0.6) is 0 Å². The maximum absolute atomic E-state index is 13.5. The van der Waals surface area contributed by atoms with Gasteiger partial charge in [-0.3, -0.25) is 0 Å². The van der Waals surface area contributed by atoms with E-state index in [1.807, 2.05) is 0 Å². The number of benzene rings is 1. The van der Waals surface area contributed by atoms with Gasteiger partial charge in [-0.05, 0) is 32.9 Å². The molecule has 1 rings (SSSR count). The van der Waals surface area contributed by atoms with Crippen LogP contribution in [-0.2, 0) is 4.79 Å². The lowest BCUT2D eigenvalue weighted by atomic mass is 10.0. The number of halogens is 1. The Morgan fingerprint density at radius 3 is 2.61 bits per heavy atom. The van der Waals surface area contributed by atoms with Crippen molar-refractivity contribution in [2.24, 2.45) is 0 Å². The van der Waals surface area contributed by atoms with E-state index in [4.69, 9.17) is 5.26 Å². The van der Waals surface area contributed by atoms with Crippen molar-refractivity contribution >= 4 is 11.7 Å². The first kappa shape index (κ1) is 14.0. The molecule has 5 heteroatoms. The number of anilines is 1. The molecular formula is C13H15FN2O2. The van der Waals surface area contributed by atoms with Crippen LogP contribution in [0.1, 0.15) is 26.3 Å². The second-order valence-electron chi connectivity index (χ2n) is 4.35. The number of nitrogens with zero attached hydrogens (tertiary/aromatic N) is 2. The van der Waals surface area contributed by atoms with E-state index in [-0.39, 0.29) is 5.56 Å². The molecule has 0 amide bonds. The Bertz CT molecular complexity index is 506. The Morgan fingerprint density at radius 1 is 1.56 bits per heavy atom. The summed E-state index contributed by atoms with van der Waals surface area (Å²) in [5.74, 6) is -1.67. The lowest BCUT2D eigenvalue weighted by Crippen LogP contribution is -2.50. The van der Waals surface area contributed by atoms with Gasteiger partial charge in [0.05, 0.1) is 5.69 Å². The molecule has 1 aromatic rings. The highest BCUT2D eigenvalue weighted by atomic mass is 19.1. The summed E-state index contributed by atoms with van der Waals surface area (Å²) in [6.07, 6.45) is 0. The van der Waals surface area contributed by atoms with Crippen molar-refractivity contribution in [3.8, 4) is 6.07 Å². The van der Waals surface area contributed by atoms with E-state index in [0.717, 1.165) is 0 Å². The zero-order chi connectivity index (χ0) is 13.9. The molecule has 0 aliphatic carbocycles. The maximum atomic E-state index is 13.5. The highest BCUT2D eigenvalue weighted by Crippen LogP contribution is 2.28. The number of carboxylic acid groups (broad SMARTS) is 1. The molecule has 0 spiro atoms. The molecular weight excluding hydrogens is 235 g/mol. The highest BCUT2D eigenvalue weighted by Gasteiger charge is 2.35. The fourth-order valence-corrected chi connectivity index (χ4v) is 1.83. The van der Waals surface area contributed by atoms with Crippen LogP contribution in [0.2, 0.25) is 0 Å². The summed E-state index contributed by atoms with van der Waals surface area (Å²) >= 11 is 0. The van der Waals surface area contributed by atoms with E-state index in [1.165, 1.54) is 30.9 Å². The molecule has 0 fully saturated rings. The number of hydrogen-bond acceptors (Lipinski definition) is 3. The van der Waals surface area contributed by atoms with E-state index >= 15 is 0 Å². The van der Waals surface area contributed by atoms with E-state index in [1.54, 1.807) is 19.1 Å². The SMILES string of the molecule is CCN(c1cccc(F)c1C#N)C(C)(C)C(=O)O. The summed E-state index contributed by atoms with van der Waals surface area (Å²) in [5, 5.41) is 18.2. The minimum Gasteiger partial charge on any atom is -0.480 e. The van der Waals surface area contributed by atoms with Crippen molar-refractivity contribution in [3.63, 3.8) is 0 Å². The topological polar surface area (TPSA) is 64.3 Å². The van der Waals surface area contributed by atoms with Gasteiger partial charge < -0.3 is 10.0 Å². The lowest BCUT2D eigenvalue weighted by Gasteiger charge is -2.36. The number of rotatable bonds is 4. The molecule has 1 N–H and O–H groups in total. The minimum absolute atomic E-state index is 0.131. The van der Waals surface area contributed by atoms with Crippen molar-refractivity contribution in [1.82, 2.24) is 0 Å². The zero-order valence-corrected chi connectivity index (χ0v) is 10.6. The van der Waals surface area contributed by atoms with E-state index in [0.29, 0.717) is 12.2 Å². The highest BCUT2D eigenvalue weighted by molar-refractivity contribution is 5.83. The lowest BCUT2D eigenvalue weighted by molar-refractivity contribution is -0.142. The molecule has 4 nitrogen and oxygen atoms in total. The van der Waals surface area contributed by atoms with Gasteiger partial charge in [0.2, 0.25) is 0 Å². The van der Waals surface area contributed by atoms with Crippen LogP contribution in [0.4, 0.5) is 10.1 Å². The van der Waals surface area contributed by atoms with Crippen LogP contribution in [0.25, 0.3) is 0 Å². The molecule has 1 aromatic carbocycles. The van der Waals surface area contributed by atoms with Crippen LogP contribution in [0.3, 0.4) is 0 Å². The summed E-state index contributed by atoms with van der Waals surface area (Å²) < 4.78 is 13.5. The first-order valence-corrected chi connectivity index (χ1v) is 5.55. The summed E-state index contributed by atoms with van der Waals surface area (Å²) in [7, 11) is 0. The second kappa shape index (κ2) is 5.05. The third-order valence-electron chi connectivity index (χ3n) is 2.91. The van der Waals surface area contributed by atoms with Crippen LogP contribution < -0.4 is 4.90 Å². The Labute approximate surface area is 105 Å². The number of carbonyl (C=O) groups is 1. The van der Waals surface area contributed by atoms with Crippen molar-refractivity contribution in [2.75, 3.05) is 11.4 Å². The third-order valence-corrected chi connectivity index (χ3v) is 2.91. The van der Waals surface area contributed by atoms with Gasteiger partial charge in [0.15, 0.2) is 0 Å². The molecule has 0 aromatic heterocycles. The largest absolute Gasteiger partial charge is 0.480 e. The van der Waals surface area contributed by atoms with Gasteiger partial charge in [0, 0.05) is 6.54 Å². The van der Waals surface area contributed by atoms with Gasteiger partial charge in [-0.1, -0.05) is 6.07 Å². The van der Waals surface area contributed by atoms with Crippen LogP contribution in [0.15, 0.2) is 18.2 Å². The Morgan fingerprint density at radius 2 is 2.17 bits per heavy atom. The van der Waals surface area contributed by atoms with E-state index < -0.39 is 17.3 Å². The fraction of sp³-hybridized carbons (Fsp3) is 0.385. The second-order valence-corrected chi connectivity index (χ2v) is 4.35. The van der Waals surface area contributed by atoms with Crippen LogP contribution in [0, 0.1) is 17.1 Å². The van der Waals surface area contributed by atoms with Crippen molar-refractivity contribution in [2.45, 2.75) is 26.3 Å². The number of likely N-dealkylation sites (N-methyl/N-ethyl adjacent to an activating group) is 1. The standard InChI is InChI=1S/C13H15FN2O2/c1-4-16(13(2,3)12(17)18)11-7-5-6-10(14)9(11)8-15/h5-7H,4H2,1-3H3,(H,17,18). The predicted octanol–water partition coefficient (Wildman–Crippen LogP) is 2.39. The Balaban J connectivity index is 3.40. The van der Waals surface area contributed by atoms with Crippen LogP contribution in [-0.4, -0.2) is 23.2 Å². The summed E-state index contributed by atoms with van der Waals surface area (Å²) in [6.45, 7) is 5.16. The molecule has 0 heterocycles. The number of hydrogen-bond donors (Lipinski definition) is 1. The van der Waals surface area contributed by atoms with Crippen molar-refractivity contribution in [3.05, 3.63) is 29.6 Å². The summed E-state index contributed by atoms with van der Waals surface area (Å²) in [5.41, 5.74) is -1.05. The zero-order valence-electron chi connectivity index (χ0n) is 10.6. The molecule has 0 atom stereocenters. The van der Waals surface area contributed by atoms with E-state index in [9.17, 15) is 14.3 Å². The molecule has 0 bridgehead atoms. The maximum Gasteiger partial charge on any atom is 0.328 e.